The van der Waals surface area contributed by atoms with Crippen molar-refractivity contribution in [1.82, 2.24) is 0 Å². The third-order valence-corrected chi connectivity index (χ3v) is 5.14. The first kappa shape index (κ1) is 11.6. The predicted octanol–water partition coefficient (Wildman–Crippen LogP) is 2.19. The molecule has 90 valence electrons. The lowest BCUT2D eigenvalue weighted by molar-refractivity contribution is -0.145. The number of Topliss-reactive ketones (excluding diaryl/α,β-unsaturated/α-hetero) is 1. The molecule has 0 saturated heterocycles. The molecule has 0 N–H and O–H groups in total. The van der Waals surface area contributed by atoms with Gasteiger partial charge in [0.25, 0.3) is 0 Å². The summed E-state index contributed by atoms with van der Waals surface area (Å²) in [4.78, 5) is 23.1. The molecular weight excluding hydrogens is 204 g/mol. The van der Waals surface area contributed by atoms with Crippen LogP contribution in [0.15, 0.2) is 0 Å². The number of ether oxygens (including phenoxy) is 1. The first-order valence-corrected chi connectivity index (χ1v) is 5.98. The van der Waals surface area contributed by atoms with Crippen LogP contribution >= 0.6 is 0 Å². The number of carbonyl (C=O) groups is 2. The lowest BCUT2D eigenvalue weighted by atomic mass is 9.70. The van der Waals surface area contributed by atoms with Gasteiger partial charge in [-0.05, 0) is 24.2 Å². The molecule has 16 heavy (non-hydrogen) atoms. The monoisotopic (exact) mass is 224 g/mol. The number of hydrogen-bond acceptors (Lipinski definition) is 3. The maximum absolute atomic E-state index is 12.3. The molecule has 2 aliphatic rings. The summed E-state index contributed by atoms with van der Waals surface area (Å²) in [6.45, 7) is 8.10. The van der Waals surface area contributed by atoms with E-state index in [2.05, 4.69) is 20.8 Å². The second-order valence-electron chi connectivity index (χ2n) is 5.97. The van der Waals surface area contributed by atoms with Crippen molar-refractivity contribution in [3.05, 3.63) is 0 Å². The summed E-state index contributed by atoms with van der Waals surface area (Å²) < 4.78 is 5.03. The van der Waals surface area contributed by atoms with E-state index in [0.717, 1.165) is 12.8 Å². The van der Waals surface area contributed by atoms with Crippen LogP contribution in [0.5, 0.6) is 0 Å². The smallest absolute Gasteiger partial charge is 0.302 e. The zero-order valence-electron chi connectivity index (χ0n) is 10.5. The van der Waals surface area contributed by atoms with Crippen LogP contribution in [0.25, 0.3) is 0 Å². The van der Waals surface area contributed by atoms with Crippen molar-refractivity contribution in [2.75, 3.05) is 6.61 Å². The number of hydrogen-bond donors (Lipinski definition) is 0. The molecule has 2 fully saturated rings. The molecule has 2 bridgehead atoms. The summed E-state index contributed by atoms with van der Waals surface area (Å²) in [6.07, 6.45) is 2.07. The van der Waals surface area contributed by atoms with Gasteiger partial charge in [0, 0.05) is 12.3 Å². The first-order chi connectivity index (χ1) is 7.30. The van der Waals surface area contributed by atoms with Crippen LogP contribution in [-0.2, 0) is 14.3 Å². The normalized spacial score (nSPS) is 40.1. The van der Waals surface area contributed by atoms with E-state index in [9.17, 15) is 9.59 Å². The Balaban J connectivity index is 2.20. The summed E-state index contributed by atoms with van der Waals surface area (Å²) in [5.41, 5.74) is -0.155. The van der Waals surface area contributed by atoms with Gasteiger partial charge < -0.3 is 4.74 Å². The van der Waals surface area contributed by atoms with Crippen LogP contribution in [0.2, 0.25) is 0 Å². The van der Waals surface area contributed by atoms with Crippen molar-refractivity contribution >= 4 is 11.8 Å². The lowest BCUT2D eigenvalue weighted by Crippen LogP contribution is -2.34. The van der Waals surface area contributed by atoms with E-state index in [4.69, 9.17) is 4.74 Å². The predicted molar refractivity (Wildman–Crippen MR) is 59.7 cm³/mol. The van der Waals surface area contributed by atoms with Crippen LogP contribution in [-0.4, -0.2) is 18.4 Å². The molecule has 0 amide bonds. The second-order valence-corrected chi connectivity index (χ2v) is 5.97. The molecule has 0 unspecified atom stereocenters. The van der Waals surface area contributed by atoms with Gasteiger partial charge in [-0.15, -0.1) is 0 Å². The average Bonchev–Trinajstić information content (AvgIpc) is 2.47. The molecule has 3 atom stereocenters. The maximum Gasteiger partial charge on any atom is 0.302 e. The Hall–Kier alpha value is -0.860. The molecule has 0 aromatic carbocycles. The van der Waals surface area contributed by atoms with E-state index in [-0.39, 0.29) is 29.3 Å². The van der Waals surface area contributed by atoms with Gasteiger partial charge in [-0.1, -0.05) is 20.8 Å². The van der Waals surface area contributed by atoms with Crippen molar-refractivity contribution in [3.8, 4) is 0 Å². The van der Waals surface area contributed by atoms with Crippen molar-refractivity contribution < 1.29 is 14.3 Å². The quantitative estimate of drug-likeness (QED) is 0.675. The van der Waals surface area contributed by atoms with Gasteiger partial charge in [-0.3, -0.25) is 9.59 Å². The highest BCUT2D eigenvalue weighted by molar-refractivity contribution is 5.91. The van der Waals surface area contributed by atoms with Crippen LogP contribution < -0.4 is 0 Å². The zero-order chi connectivity index (χ0) is 12.1. The Morgan fingerprint density at radius 1 is 1.44 bits per heavy atom. The van der Waals surface area contributed by atoms with Gasteiger partial charge in [0.2, 0.25) is 0 Å². The summed E-state index contributed by atoms with van der Waals surface area (Å²) in [5.74, 6) is 0.315. The highest BCUT2D eigenvalue weighted by atomic mass is 16.5. The molecular formula is C13H20O3. The summed E-state index contributed by atoms with van der Waals surface area (Å²) in [7, 11) is 0. The Morgan fingerprint density at radius 2 is 2.06 bits per heavy atom. The molecule has 0 aliphatic heterocycles. The minimum absolute atomic E-state index is 0.0505. The van der Waals surface area contributed by atoms with E-state index in [1.807, 2.05) is 0 Å². The van der Waals surface area contributed by atoms with Gasteiger partial charge in [0.15, 0.2) is 0 Å². The van der Waals surface area contributed by atoms with E-state index in [1.54, 1.807) is 0 Å². The van der Waals surface area contributed by atoms with Gasteiger partial charge in [-0.2, -0.15) is 0 Å². The van der Waals surface area contributed by atoms with Gasteiger partial charge in [0.1, 0.15) is 12.4 Å². The van der Waals surface area contributed by atoms with Crippen LogP contribution in [0, 0.1) is 22.7 Å². The Bertz CT molecular complexity index is 345. The number of fused-ring (bicyclic) bond motifs is 2. The topological polar surface area (TPSA) is 43.4 Å². The molecule has 3 nitrogen and oxygen atoms in total. The van der Waals surface area contributed by atoms with Crippen molar-refractivity contribution in [2.24, 2.45) is 22.7 Å². The molecule has 2 aliphatic carbocycles. The largest absolute Gasteiger partial charge is 0.465 e. The van der Waals surface area contributed by atoms with E-state index in [0.29, 0.717) is 11.7 Å². The fraction of sp³-hybridized carbons (Fsp3) is 0.846. The maximum atomic E-state index is 12.3. The molecule has 2 rings (SSSR count). The fourth-order valence-electron chi connectivity index (χ4n) is 3.67. The van der Waals surface area contributed by atoms with Crippen LogP contribution in [0.3, 0.4) is 0 Å². The van der Waals surface area contributed by atoms with Gasteiger partial charge in [-0.25, -0.2) is 0 Å². The molecule has 0 aromatic heterocycles. The van der Waals surface area contributed by atoms with E-state index in [1.165, 1.54) is 6.92 Å². The van der Waals surface area contributed by atoms with E-state index >= 15 is 0 Å². The lowest BCUT2D eigenvalue weighted by Gasteiger charge is -2.32. The highest BCUT2D eigenvalue weighted by Crippen LogP contribution is 2.65. The average molecular weight is 224 g/mol. The van der Waals surface area contributed by atoms with Crippen molar-refractivity contribution in [3.63, 3.8) is 0 Å². The van der Waals surface area contributed by atoms with Crippen molar-refractivity contribution in [2.45, 2.75) is 40.5 Å². The second kappa shape index (κ2) is 3.31. The molecule has 0 radical (unpaired) electrons. The third-order valence-electron chi connectivity index (χ3n) is 5.14. The summed E-state index contributed by atoms with van der Waals surface area (Å²) in [6, 6.07) is 0. The molecule has 2 saturated carbocycles. The Morgan fingerprint density at radius 3 is 2.50 bits per heavy atom. The van der Waals surface area contributed by atoms with Crippen molar-refractivity contribution in [1.29, 1.82) is 0 Å². The van der Waals surface area contributed by atoms with Gasteiger partial charge >= 0.3 is 5.97 Å². The molecule has 3 heteroatoms. The fourth-order valence-corrected chi connectivity index (χ4v) is 3.67. The number of rotatable bonds is 2. The first-order valence-electron chi connectivity index (χ1n) is 5.98. The highest BCUT2D eigenvalue weighted by Gasteiger charge is 2.66. The SMILES string of the molecule is CC(=O)OC[C@H]1C(=O)[C@]2(C)CC[C@@H]1C2(C)C. The van der Waals surface area contributed by atoms with Crippen LogP contribution in [0.1, 0.15) is 40.5 Å². The number of esters is 1. The summed E-state index contributed by atoms with van der Waals surface area (Å²) >= 11 is 0. The summed E-state index contributed by atoms with van der Waals surface area (Å²) in [5, 5.41) is 0. The standard InChI is InChI=1S/C13H20O3/c1-8(14)16-7-9-10-5-6-13(4,11(9)15)12(10,2)3/h9-10H,5-7H2,1-4H3/t9-,10+,13+/m1/s1. The van der Waals surface area contributed by atoms with E-state index < -0.39 is 0 Å². The zero-order valence-corrected chi connectivity index (χ0v) is 10.5. The Labute approximate surface area is 96.5 Å². The molecule has 0 spiro atoms. The molecule has 0 aromatic rings. The Kier molecular flexibility index (Phi) is 2.41. The van der Waals surface area contributed by atoms with Gasteiger partial charge in [0.05, 0.1) is 5.92 Å². The van der Waals surface area contributed by atoms with Crippen LogP contribution in [0.4, 0.5) is 0 Å². The number of ketones is 1. The minimum atomic E-state index is -0.293. The minimum Gasteiger partial charge on any atom is -0.465 e. The molecule has 0 heterocycles. The number of carbonyl (C=O) groups excluding carboxylic acids is 2. The third kappa shape index (κ3) is 1.26.